The second-order valence-electron chi connectivity index (χ2n) is 5.62. The van der Waals surface area contributed by atoms with Gasteiger partial charge in [-0.1, -0.05) is 18.2 Å². The van der Waals surface area contributed by atoms with Crippen LogP contribution in [0, 0.1) is 4.91 Å². The Morgan fingerprint density at radius 3 is 2.54 bits per heavy atom. The topological polar surface area (TPSA) is 120 Å². The maximum absolute atomic E-state index is 10.7. The predicted octanol–water partition coefficient (Wildman–Crippen LogP) is 1.85. The summed E-state index contributed by atoms with van der Waals surface area (Å²) < 4.78 is 5.08. The number of nitrogens with zero attached hydrogens (tertiary/aromatic N) is 1. The minimum atomic E-state index is -0.937. The molecule has 138 valence electrons. The monoisotopic (exact) mass is 359 g/mol. The number of carbonyl (C=O) groups excluding carboxylic acids is 1. The second-order valence-corrected chi connectivity index (χ2v) is 5.62. The summed E-state index contributed by atoms with van der Waals surface area (Å²) in [4.78, 5) is 21.3. The Morgan fingerprint density at radius 1 is 1.19 bits per heavy atom. The van der Waals surface area contributed by atoms with Gasteiger partial charge in [0.15, 0.2) is 0 Å². The van der Waals surface area contributed by atoms with Crippen LogP contribution in [0.3, 0.4) is 0 Å². The third-order valence-corrected chi connectivity index (χ3v) is 3.85. The van der Waals surface area contributed by atoms with Crippen molar-refractivity contribution in [3.05, 3.63) is 58.5 Å². The highest BCUT2D eigenvalue weighted by Crippen LogP contribution is 2.28. The van der Waals surface area contributed by atoms with Crippen molar-refractivity contribution >= 4 is 17.8 Å². The smallest absolute Gasteiger partial charge is 0.211 e. The van der Waals surface area contributed by atoms with Gasteiger partial charge in [0.2, 0.25) is 6.41 Å². The molecule has 0 radical (unpaired) electrons. The molecule has 0 saturated carbocycles. The summed E-state index contributed by atoms with van der Waals surface area (Å²) >= 11 is 0. The fourth-order valence-electron chi connectivity index (χ4n) is 2.44. The van der Waals surface area contributed by atoms with Crippen molar-refractivity contribution in [1.82, 2.24) is 5.32 Å². The lowest BCUT2D eigenvalue weighted by Gasteiger charge is -2.17. The van der Waals surface area contributed by atoms with E-state index in [0.717, 1.165) is 11.3 Å². The number of carbonyl (C=O) groups is 1. The van der Waals surface area contributed by atoms with Crippen LogP contribution in [-0.4, -0.2) is 36.5 Å². The molecule has 0 heterocycles. The van der Waals surface area contributed by atoms with E-state index in [2.05, 4.69) is 15.8 Å². The number of anilines is 1. The van der Waals surface area contributed by atoms with E-state index in [-0.39, 0.29) is 17.9 Å². The number of ether oxygens (including phenoxy) is 1. The fourth-order valence-corrected chi connectivity index (χ4v) is 2.44. The van der Waals surface area contributed by atoms with E-state index >= 15 is 0 Å². The summed E-state index contributed by atoms with van der Waals surface area (Å²) in [7, 11) is 1.58. The van der Waals surface area contributed by atoms with E-state index in [1.54, 1.807) is 19.2 Å². The lowest BCUT2D eigenvalue weighted by Crippen LogP contribution is -2.34. The second kappa shape index (κ2) is 9.62. The average Bonchev–Trinajstić information content (AvgIpc) is 2.67. The molecular weight excluding hydrogens is 338 g/mol. The highest BCUT2D eigenvalue weighted by molar-refractivity contribution is 5.79. The summed E-state index contributed by atoms with van der Waals surface area (Å²) in [6, 6.07) is 11.7. The van der Waals surface area contributed by atoms with Crippen LogP contribution in [0.5, 0.6) is 5.75 Å². The molecule has 0 bridgehead atoms. The van der Waals surface area contributed by atoms with Gasteiger partial charge in [0.25, 0.3) is 0 Å². The van der Waals surface area contributed by atoms with E-state index in [1.807, 2.05) is 12.1 Å². The van der Waals surface area contributed by atoms with E-state index in [1.165, 1.54) is 18.2 Å². The molecule has 2 rings (SSSR count). The maximum Gasteiger partial charge on any atom is 0.211 e. The molecule has 0 spiro atoms. The van der Waals surface area contributed by atoms with Gasteiger partial charge in [0.05, 0.1) is 18.9 Å². The molecule has 8 heteroatoms. The van der Waals surface area contributed by atoms with Crippen molar-refractivity contribution in [2.24, 2.45) is 5.18 Å². The number of rotatable bonds is 10. The number of aliphatic hydroxyl groups excluding tert-OH is 2. The molecule has 0 aliphatic rings. The number of nitroso groups, excluding NO2 is 1. The molecule has 0 aliphatic carbocycles. The van der Waals surface area contributed by atoms with Gasteiger partial charge in [-0.3, -0.25) is 10.1 Å². The number of methoxy groups -OCH3 is 1. The van der Waals surface area contributed by atoms with Crippen LogP contribution in [0.2, 0.25) is 0 Å². The Morgan fingerprint density at radius 2 is 1.92 bits per heavy atom. The molecule has 2 unspecified atom stereocenters. The Labute approximate surface area is 150 Å². The molecule has 0 aliphatic heterocycles. The van der Waals surface area contributed by atoms with Crippen LogP contribution >= 0.6 is 0 Å². The van der Waals surface area contributed by atoms with Gasteiger partial charge in [-0.05, 0) is 40.6 Å². The van der Waals surface area contributed by atoms with Gasteiger partial charge in [-0.15, -0.1) is 4.91 Å². The van der Waals surface area contributed by atoms with Crippen molar-refractivity contribution in [2.75, 3.05) is 19.0 Å². The van der Waals surface area contributed by atoms with Gasteiger partial charge < -0.3 is 20.3 Å². The SMILES string of the molecule is COc1ccc(CC(O)NCC(O)c2ccc(N=O)c(NC=O)c2)cc1. The predicted molar refractivity (Wildman–Crippen MR) is 97.3 cm³/mol. The van der Waals surface area contributed by atoms with E-state index < -0.39 is 12.3 Å². The number of aliphatic hydroxyl groups is 2. The summed E-state index contributed by atoms with van der Waals surface area (Å²) in [5.41, 5.74) is 1.68. The zero-order valence-electron chi connectivity index (χ0n) is 14.3. The largest absolute Gasteiger partial charge is 0.497 e. The first-order valence-electron chi connectivity index (χ1n) is 7.97. The first-order chi connectivity index (χ1) is 12.6. The lowest BCUT2D eigenvalue weighted by molar-refractivity contribution is -0.105. The molecule has 4 N–H and O–H groups in total. The normalized spacial score (nSPS) is 12.9. The van der Waals surface area contributed by atoms with Crippen LogP contribution in [-0.2, 0) is 11.2 Å². The van der Waals surface area contributed by atoms with Crippen molar-refractivity contribution in [1.29, 1.82) is 0 Å². The Bertz CT molecular complexity index is 736. The maximum atomic E-state index is 10.7. The van der Waals surface area contributed by atoms with Gasteiger partial charge in [-0.25, -0.2) is 0 Å². The number of benzene rings is 2. The van der Waals surface area contributed by atoms with Gasteiger partial charge >= 0.3 is 0 Å². The zero-order chi connectivity index (χ0) is 18.9. The van der Waals surface area contributed by atoms with Gasteiger partial charge in [0.1, 0.15) is 17.7 Å². The number of amides is 1. The van der Waals surface area contributed by atoms with Crippen LogP contribution in [0.15, 0.2) is 47.6 Å². The fraction of sp³-hybridized carbons (Fsp3) is 0.278. The molecule has 2 aromatic rings. The number of nitrogens with one attached hydrogen (secondary N) is 2. The quantitative estimate of drug-likeness (QED) is 0.292. The van der Waals surface area contributed by atoms with Crippen LogP contribution in [0.4, 0.5) is 11.4 Å². The van der Waals surface area contributed by atoms with Crippen molar-refractivity contribution in [2.45, 2.75) is 18.8 Å². The van der Waals surface area contributed by atoms with Crippen LogP contribution in [0.1, 0.15) is 17.2 Å². The molecule has 0 fully saturated rings. The van der Waals surface area contributed by atoms with Crippen molar-refractivity contribution in [3.63, 3.8) is 0 Å². The number of hydrogen-bond donors (Lipinski definition) is 4. The Kier molecular flexibility index (Phi) is 7.22. The molecule has 2 atom stereocenters. The summed E-state index contributed by atoms with van der Waals surface area (Å²) in [5, 5.41) is 28.3. The molecule has 26 heavy (non-hydrogen) atoms. The highest BCUT2D eigenvalue weighted by Gasteiger charge is 2.13. The zero-order valence-corrected chi connectivity index (χ0v) is 14.3. The van der Waals surface area contributed by atoms with Crippen LogP contribution in [0.25, 0.3) is 0 Å². The summed E-state index contributed by atoms with van der Waals surface area (Å²) in [6.45, 7) is 0.0890. The van der Waals surface area contributed by atoms with E-state index in [0.29, 0.717) is 18.4 Å². The van der Waals surface area contributed by atoms with Gasteiger partial charge in [0, 0.05) is 13.0 Å². The lowest BCUT2D eigenvalue weighted by atomic mass is 10.1. The molecular formula is C18H21N3O5. The average molecular weight is 359 g/mol. The molecule has 0 aromatic heterocycles. The molecule has 8 nitrogen and oxygen atoms in total. The van der Waals surface area contributed by atoms with Gasteiger partial charge in [-0.2, -0.15) is 0 Å². The third-order valence-electron chi connectivity index (χ3n) is 3.85. The highest BCUT2D eigenvalue weighted by atomic mass is 16.5. The standard InChI is InChI=1S/C18H21N3O5/c1-26-14-5-2-12(3-6-14)8-18(24)19-10-17(23)13-4-7-15(21-25)16(9-13)20-11-22/h2-7,9,11,17-19,23-24H,8,10H2,1H3,(H,20,22). The Balaban J connectivity index is 1.92. The Hall–Kier alpha value is -2.81. The first-order valence-corrected chi connectivity index (χ1v) is 7.97. The first kappa shape index (κ1) is 19.5. The number of hydrogen-bond acceptors (Lipinski definition) is 7. The van der Waals surface area contributed by atoms with Crippen molar-refractivity contribution in [3.8, 4) is 5.75 Å². The van der Waals surface area contributed by atoms with E-state index in [4.69, 9.17) is 4.74 Å². The minimum Gasteiger partial charge on any atom is -0.497 e. The minimum absolute atomic E-state index is 0.0700. The van der Waals surface area contributed by atoms with Crippen molar-refractivity contribution < 1.29 is 19.7 Å². The molecule has 0 saturated heterocycles. The summed E-state index contributed by atoms with van der Waals surface area (Å²) in [5.74, 6) is 0.736. The summed E-state index contributed by atoms with van der Waals surface area (Å²) in [6.07, 6.45) is -0.991. The van der Waals surface area contributed by atoms with Crippen LogP contribution < -0.4 is 15.4 Å². The molecule has 2 aromatic carbocycles. The third kappa shape index (κ3) is 5.35. The molecule has 1 amide bonds. The van der Waals surface area contributed by atoms with E-state index in [9.17, 15) is 19.9 Å².